The number of nitrogen functional groups attached to an aromatic ring is 1. The molecule has 1 aromatic heterocycles. The lowest BCUT2D eigenvalue weighted by atomic mass is 10.2. The molecule has 0 radical (unpaired) electrons. The van der Waals surface area contributed by atoms with Crippen molar-refractivity contribution in [3.05, 3.63) is 70.7 Å². The number of ether oxygens (including phenoxy) is 1. The maximum absolute atomic E-state index is 9.37. The first-order valence-electron chi connectivity index (χ1n) is 7.41. The topological polar surface area (TPSA) is 88.7 Å². The fourth-order valence-corrected chi connectivity index (χ4v) is 2.90. The van der Waals surface area contributed by atoms with Gasteiger partial charge in [-0.25, -0.2) is 4.99 Å². The molecule has 7 heteroatoms. The molecule has 6 nitrogen and oxygen atoms in total. The Hall–Kier alpha value is -3.37. The van der Waals surface area contributed by atoms with Crippen LogP contribution in [0.15, 0.2) is 64.7 Å². The molecule has 0 fully saturated rings. The number of para-hydroxylation sites is 1. The molecule has 0 saturated carbocycles. The predicted molar refractivity (Wildman–Crippen MR) is 99.1 cm³/mol. The Bertz CT molecular complexity index is 995. The number of hydrogen-bond acceptors (Lipinski definition) is 6. The van der Waals surface area contributed by atoms with Crippen LogP contribution in [0.4, 0.5) is 10.7 Å². The summed E-state index contributed by atoms with van der Waals surface area (Å²) in [6, 6.07) is 19.0. The van der Waals surface area contributed by atoms with Crippen molar-refractivity contribution in [2.24, 2.45) is 10.1 Å². The number of benzene rings is 2. The molecule has 0 amide bonds. The summed E-state index contributed by atoms with van der Waals surface area (Å²) in [6.45, 7) is 0. The summed E-state index contributed by atoms with van der Waals surface area (Å²) in [4.78, 5) is 5.06. The van der Waals surface area contributed by atoms with Gasteiger partial charge in [0, 0.05) is 0 Å². The molecule has 0 bridgehead atoms. The number of nitrogens with zero attached hydrogens (tertiary/aromatic N) is 4. The standard InChI is InChI=1S/C18H15N5OS/c1-24-15-9-7-13(8-10-15)12-21-23-16(11-19)17(20)25-18(23)22-14-5-3-2-4-6-14/h2-10,12H,20H2,1H3/b21-12+,22-18?. The lowest BCUT2D eigenvalue weighted by molar-refractivity contribution is 0.415. The highest BCUT2D eigenvalue weighted by molar-refractivity contribution is 7.13. The van der Waals surface area contributed by atoms with E-state index in [-0.39, 0.29) is 5.69 Å². The van der Waals surface area contributed by atoms with Crippen molar-refractivity contribution in [2.75, 3.05) is 12.8 Å². The average Bonchev–Trinajstić information content (AvgIpc) is 2.95. The number of aromatic nitrogens is 1. The second-order valence-corrected chi connectivity index (χ2v) is 6.00. The van der Waals surface area contributed by atoms with Crippen molar-refractivity contribution in [3.63, 3.8) is 0 Å². The summed E-state index contributed by atoms with van der Waals surface area (Å²) in [6.07, 6.45) is 1.65. The van der Waals surface area contributed by atoms with Crippen LogP contribution in [-0.4, -0.2) is 18.0 Å². The van der Waals surface area contributed by atoms with Gasteiger partial charge >= 0.3 is 0 Å². The van der Waals surface area contributed by atoms with Gasteiger partial charge in [-0.1, -0.05) is 29.5 Å². The molecule has 0 spiro atoms. The number of hydrogen-bond donors (Lipinski definition) is 1. The maximum atomic E-state index is 9.37. The van der Waals surface area contributed by atoms with E-state index in [4.69, 9.17) is 10.5 Å². The van der Waals surface area contributed by atoms with Crippen molar-refractivity contribution >= 4 is 28.2 Å². The Morgan fingerprint density at radius 3 is 2.52 bits per heavy atom. The van der Waals surface area contributed by atoms with Crippen LogP contribution >= 0.6 is 11.3 Å². The van der Waals surface area contributed by atoms with Gasteiger partial charge in [0.25, 0.3) is 0 Å². The van der Waals surface area contributed by atoms with Crippen LogP contribution in [0, 0.1) is 11.3 Å². The molecule has 2 N–H and O–H groups in total. The van der Waals surface area contributed by atoms with E-state index >= 15 is 0 Å². The first-order valence-corrected chi connectivity index (χ1v) is 8.22. The Morgan fingerprint density at radius 2 is 1.88 bits per heavy atom. The minimum atomic E-state index is 0.268. The highest BCUT2D eigenvalue weighted by Crippen LogP contribution is 2.16. The van der Waals surface area contributed by atoms with Crippen LogP contribution in [0.3, 0.4) is 0 Å². The van der Waals surface area contributed by atoms with Crippen LogP contribution in [0.2, 0.25) is 0 Å². The number of nitriles is 1. The first-order chi connectivity index (χ1) is 12.2. The van der Waals surface area contributed by atoms with Gasteiger partial charge in [-0.05, 0) is 42.0 Å². The van der Waals surface area contributed by atoms with Crippen molar-refractivity contribution in [3.8, 4) is 11.8 Å². The van der Waals surface area contributed by atoms with E-state index in [1.807, 2.05) is 54.6 Å². The fraction of sp³-hybridized carbons (Fsp3) is 0.0556. The van der Waals surface area contributed by atoms with E-state index < -0.39 is 0 Å². The minimum absolute atomic E-state index is 0.268. The molecule has 0 atom stereocenters. The average molecular weight is 349 g/mol. The summed E-state index contributed by atoms with van der Waals surface area (Å²) >= 11 is 1.22. The minimum Gasteiger partial charge on any atom is -0.497 e. The molecule has 25 heavy (non-hydrogen) atoms. The Balaban J connectivity index is 2.03. The molecular formula is C18H15N5OS. The molecule has 2 aromatic carbocycles. The summed E-state index contributed by atoms with van der Waals surface area (Å²) in [5.41, 5.74) is 7.84. The second-order valence-electron chi connectivity index (χ2n) is 4.99. The smallest absolute Gasteiger partial charge is 0.214 e. The Kier molecular flexibility index (Phi) is 4.92. The quantitative estimate of drug-likeness (QED) is 0.734. The zero-order valence-electron chi connectivity index (χ0n) is 13.5. The summed E-state index contributed by atoms with van der Waals surface area (Å²) < 4.78 is 6.59. The third-order valence-corrected chi connectivity index (χ3v) is 4.21. The van der Waals surface area contributed by atoms with Crippen LogP contribution < -0.4 is 15.3 Å². The number of methoxy groups -OCH3 is 1. The molecule has 3 aromatic rings. The van der Waals surface area contributed by atoms with Crippen LogP contribution in [0.25, 0.3) is 0 Å². The predicted octanol–water partition coefficient (Wildman–Crippen LogP) is 3.13. The van der Waals surface area contributed by atoms with Gasteiger partial charge in [0.15, 0.2) is 5.69 Å². The monoisotopic (exact) mass is 349 g/mol. The fourth-order valence-electron chi connectivity index (χ4n) is 2.10. The van der Waals surface area contributed by atoms with E-state index in [2.05, 4.69) is 16.2 Å². The summed E-state index contributed by atoms with van der Waals surface area (Å²) in [5.74, 6) is 0.766. The van der Waals surface area contributed by atoms with Gasteiger partial charge in [-0.3, -0.25) is 0 Å². The Morgan fingerprint density at radius 1 is 1.16 bits per heavy atom. The van der Waals surface area contributed by atoms with E-state index in [1.54, 1.807) is 13.3 Å². The van der Waals surface area contributed by atoms with Crippen molar-refractivity contribution in [2.45, 2.75) is 0 Å². The summed E-state index contributed by atoms with van der Waals surface area (Å²) in [5, 5.41) is 14.1. The van der Waals surface area contributed by atoms with Crippen LogP contribution in [-0.2, 0) is 0 Å². The van der Waals surface area contributed by atoms with Crippen LogP contribution in [0.1, 0.15) is 11.3 Å². The normalized spacial score (nSPS) is 11.6. The van der Waals surface area contributed by atoms with E-state index in [9.17, 15) is 5.26 Å². The number of anilines is 1. The second kappa shape index (κ2) is 7.47. The highest BCUT2D eigenvalue weighted by Gasteiger charge is 2.10. The Labute approximate surface area is 148 Å². The molecule has 1 heterocycles. The van der Waals surface area contributed by atoms with Gasteiger partial charge in [0.05, 0.1) is 19.0 Å². The van der Waals surface area contributed by atoms with E-state index in [0.717, 1.165) is 17.0 Å². The van der Waals surface area contributed by atoms with Gasteiger partial charge < -0.3 is 10.5 Å². The van der Waals surface area contributed by atoms with Crippen molar-refractivity contribution < 1.29 is 4.74 Å². The molecular weight excluding hydrogens is 334 g/mol. The zero-order valence-corrected chi connectivity index (χ0v) is 14.3. The van der Waals surface area contributed by atoms with E-state index in [1.165, 1.54) is 16.0 Å². The molecule has 0 aliphatic carbocycles. The SMILES string of the molecule is COc1ccc(/C=N/n2c(C#N)c(N)sc2=Nc2ccccc2)cc1. The van der Waals surface area contributed by atoms with Crippen molar-refractivity contribution in [1.29, 1.82) is 5.26 Å². The number of nitrogens with two attached hydrogens (primary N) is 1. The van der Waals surface area contributed by atoms with Crippen molar-refractivity contribution in [1.82, 2.24) is 4.68 Å². The zero-order chi connectivity index (χ0) is 17.6. The number of thiazole rings is 1. The summed E-state index contributed by atoms with van der Waals surface area (Å²) in [7, 11) is 1.61. The van der Waals surface area contributed by atoms with Gasteiger partial charge in [-0.15, -0.1) is 0 Å². The van der Waals surface area contributed by atoms with E-state index in [0.29, 0.717) is 9.80 Å². The molecule has 124 valence electrons. The first kappa shape index (κ1) is 16.5. The maximum Gasteiger partial charge on any atom is 0.214 e. The lowest BCUT2D eigenvalue weighted by Crippen LogP contribution is -2.12. The highest BCUT2D eigenvalue weighted by atomic mass is 32.1. The van der Waals surface area contributed by atoms with Gasteiger partial charge in [0.1, 0.15) is 16.8 Å². The molecule has 0 aliphatic heterocycles. The largest absolute Gasteiger partial charge is 0.497 e. The number of rotatable bonds is 4. The van der Waals surface area contributed by atoms with Gasteiger partial charge in [0.2, 0.25) is 4.80 Å². The molecule has 3 rings (SSSR count). The lowest BCUT2D eigenvalue weighted by Gasteiger charge is -2.00. The van der Waals surface area contributed by atoms with Gasteiger partial charge in [-0.2, -0.15) is 15.0 Å². The van der Waals surface area contributed by atoms with Crippen LogP contribution in [0.5, 0.6) is 5.75 Å². The third-order valence-electron chi connectivity index (χ3n) is 3.35. The molecule has 0 aliphatic rings. The molecule has 0 unspecified atom stereocenters. The third kappa shape index (κ3) is 3.76. The molecule has 0 saturated heterocycles.